The minimum atomic E-state index is -4.52. The summed E-state index contributed by atoms with van der Waals surface area (Å²) in [4.78, 5) is 4.14. The van der Waals surface area contributed by atoms with Crippen LogP contribution in [0, 0.1) is 0 Å². The number of oxazole rings is 1. The van der Waals surface area contributed by atoms with Gasteiger partial charge in [-0.15, -0.1) is 0 Å². The molecular formula is C18H14F3NO3S. The van der Waals surface area contributed by atoms with E-state index < -0.39 is 33.1 Å². The Morgan fingerprint density at radius 3 is 2.38 bits per heavy atom. The van der Waals surface area contributed by atoms with Crippen LogP contribution in [0.2, 0.25) is 0 Å². The van der Waals surface area contributed by atoms with Crippen molar-refractivity contribution >= 4 is 9.84 Å². The van der Waals surface area contributed by atoms with Crippen LogP contribution in [0.3, 0.4) is 0 Å². The van der Waals surface area contributed by atoms with Crippen molar-refractivity contribution in [3.8, 4) is 11.5 Å². The van der Waals surface area contributed by atoms with Crippen molar-refractivity contribution in [2.45, 2.75) is 17.7 Å². The van der Waals surface area contributed by atoms with Gasteiger partial charge in [0.15, 0.2) is 9.84 Å². The van der Waals surface area contributed by atoms with Crippen LogP contribution >= 0.6 is 0 Å². The Kier molecular flexibility index (Phi) is 4.86. The number of alkyl halides is 3. The molecule has 0 bridgehead atoms. The molecular weight excluding hydrogens is 367 g/mol. The molecule has 0 aliphatic carbocycles. The summed E-state index contributed by atoms with van der Waals surface area (Å²) in [5, 5.41) is 0. The minimum Gasteiger partial charge on any atom is -0.444 e. The summed E-state index contributed by atoms with van der Waals surface area (Å²) in [6.45, 7) is 0. The second kappa shape index (κ2) is 6.95. The predicted octanol–water partition coefficient (Wildman–Crippen LogP) is 4.48. The molecule has 4 nitrogen and oxygen atoms in total. The van der Waals surface area contributed by atoms with Gasteiger partial charge in [-0.3, -0.25) is 0 Å². The quantitative estimate of drug-likeness (QED) is 0.654. The lowest BCUT2D eigenvalue weighted by Crippen LogP contribution is -2.10. The Hall–Kier alpha value is -2.61. The largest absolute Gasteiger partial charge is 0.444 e. The van der Waals surface area contributed by atoms with E-state index >= 15 is 0 Å². The molecule has 0 saturated carbocycles. The van der Waals surface area contributed by atoms with Gasteiger partial charge < -0.3 is 4.42 Å². The van der Waals surface area contributed by atoms with Gasteiger partial charge in [0.1, 0.15) is 6.26 Å². The monoisotopic (exact) mass is 381 g/mol. The molecule has 1 aromatic heterocycles. The first-order valence-electron chi connectivity index (χ1n) is 7.59. The van der Waals surface area contributed by atoms with Crippen molar-refractivity contribution in [2.75, 3.05) is 0 Å². The number of nitrogens with zero attached hydrogens (tertiary/aromatic N) is 1. The maximum absolute atomic E-state index is 12.7. The highest BCUT2D eigenvalue weighted by Crippen LogP contribution is 2.30. The van der Waals surface area contributed by atoms with Gasteiger partial charge in [-0.25, -0.2) is 13.4 Å². The molecule has 0 fully saturated rings. The van der Waals surface area contributed by atoms with Gasteiger partial charge in [-0.05, 0) is 23.8 Å². The third-order valence-corrected chi connectivity index (χ3v) is 5.09. The van der Waals surface area contributed by atoms with E-state index in [1.807, 2.05) is 6.07 Å². The standard InChI is InChI=1S/C18H14F3NO3S/c19-18(20,21)15-8-4-5-13(9-15)11-26(23,24)12-16-10-25-17(22-16)14-6-2-1-3-7-14/h1-10H,11-12H2. The Balaban J connectivity index is 1.75. The molecule has 2 aromatic carbocycles. The van der Waals surface area contributed by atoms with E-state index in [9.17, 15) is 21.6 Å². The van der Waals surface area contributed by atoms with E-state index in [4.69, 9.17) is 4.42 Å². The number of aromatic nitrogens is 1. The molecule has 0 spiro atoms. The first-order valence-corrected chi connectivity index (χ1v) is 9.41. The topological polar surface area (TPSA) is 60.2 Å². The average Bonchev–Trinajstić information content (AvgIpc) is 3.02. The first-order chi connectivity index (χ1) is 12.2. The Bertz CT molecular complexity index is 996. The summed E-state index contributed by atoms with van der Waals surface area (Å²) in [5.41, 5.74) is 0.106. The lowest BCUT2D eigenvalue weighted by Gasteiger charge is -2.08. The van der Waals surface area contributed by atoms with Gasteiger partial charge in [-0.1, -0.05) is 36.4 Å². The number of benzene rings is 2. The molecule has 0 N–H and O–H groups in total. The molecule has 1 heterocycles. The molecule has 3 rings (SSSR count). The summed E-state index contributed by atoms with van der Waals surface area (Å²) >= 11 is 0. The maximum atomic E-state index is 12.7. The number of hydrogen-bond donors (Lipinski definition) is 0. The average molecular weight is 381 g/mol. The van der Waals surface area contributed by atoms with Crippen molar-refractivity contribution in [3.63, 3.8) is 0 Å². The molecule has 0 unspecified atom stereocenters. The van der Waals surface area contributed by atoms with Crippen LogP contribution in [0.25, 0.3) is 11.5 Å². The van der Waals surface area contributed by atoms with Crippen LogP contribution in [0.15, 0.2) is 65.3 Å². The number of hydrogen-bond acceptors (Lipinski definition) is 4. The van der Waals surface area contributed by atoms with Gasteiger partial charge in [0, 0.05) is 5.56 Å². The molecule has 8 heteroatoms. The molecule has 0 saturated heterocycles. The Morgan fingerprint density at radius 2 is 1.69 bits per heavy atom. The van der Waals surface area contributed by atoms with Gasteiger partial charge >= 0.3 is 6.18 Å². The van der Waals surface area contributed by atoms with Gasteiger partial charge in [0.2, 0.25) is 5.89 Å². The van der Waals surface area contributed by atoms with Crippen LogP contribution in [-0.4, -0.2) is 13.4 Å². The van der Waals surface area contributed by atoms with Crippen LogP contribution < -0.4 is 0 Å². The number of sulfone groups is 1. The second-order valence-corrected chi connectivity index (χ2v) is 7.80. The minimum absolute atomic E-state index is 0.0756. The molecule has 0 aliphatic heterocycles. The van der Waals surface area contributed by atoms with E-state index in [0.717, 1.165) is 12.1 Å². The SMILES string of the molecule is O=S(=O)(Cc1cccc(C(F)(F)F)c1)Cc1coc(-c2ccccc2)n1. The van der Waals surface area contributed by atoms with E-state index in [2.05, 4.69) is 4.98 Å². The second-order valence-electron chi connectivity index (χ2n) is 5.74. The molecule has 0 amide bonds. The van der Waals surface area contributed by atoms with Crippen molar-refractivity contribution in [1.82, 2.24) is 4.98 Å². The van der Waals surface area contributed by atoms with E-state index in [-0.39, 0.29) is 17.1 Å². The highest BCUT2D eigenvalue weighted by molar-refractivity contribution is 7.89. The van der Waals surface area contributed by atoms with Gasteiger partial charge in [-0.2, -0.15) is 13.2 Å². The summed E-state index contributed by atoms with van der Waals surface area (Å²) in [7, 11) is -3.71. The van der Waals surface area contributed by atoms with Crippen LogP contribution in [0.1, 0.15) is 16.8 Å². The zero-order valence-corrected chi connectivity index (χ0v) is 14.2. The van der Waals surface area contributed by atoms with Crippen LogP contribution in [0.5, 0.6) is 0 Å². The predicted molar refractivity (Wildman–Crippen MR) is 89.7 cm³/mol. The van der Waals surface area contributed by atoms with E-state index in [1.54, 1.807) is 24.3 Å². The highest BCUT2D eigenvalue weighted by Gasteiger charge is 2.30. The van der Waals surface area contributed by atoms with Crippen molar-refractivity contribution in [3.05, 3.63) is 77.7 Å². The zero-order chi connectivity index (χ0) is 18.8. The number of halogens is 3. The Morgan fingerprint density at radius 1 is 0.962 bits per heavy atom. The summed E-state index contributed by atoms with van der Waals surface area (Å²) in [5.74, 6) is -0.640. The maximum Gasteiger partial charge on any atom is 0.416 e. The summed E-state index contributed by atoms with van der Waals surface area (Å²) in [6, 6.07) is 13.2. The van der Waals surface area contributed by atoms with Crippen molar-refractivity contribution in [1.29, 1.82) is 0 Å². The lowest BCUT2D eigenvalue weighted by atomic mass is 10.1. The molecule has 136 valence electrons. The fraction of sp³-hybridized carbons (Fsp3) is 0.167. The fourth-order valence-corrected chi connectivity index (χ4v) is 3.83. The van der Waals surface area contributed by atoms with Crippen LogP contribution in [-0.2, 0) is 27.5 Å². The molecule has 26 heavy (non-hydrogen) atoms. The van der Waals surface area contributed by atoms with E-state index in [1.165, 1.54) is 18.4 Å². The van der Waals surface area contributed by atoms with E-state index in [0.29, 0.717) is 5.56 Å². The normalized spacial score (nSPS) is 12.3. The van der Waals surface area contributed by atoms with Gasteiger partial charge in [0.25, 0.3) is 0 Å². The molecule has 0 atom stereocenters. The molecule has 0 aliphatic rings. The molecule has 3 aromatic rings. The third kappa shape index (κ3) is 4.51. The van der Waals surface area contributed by atoms with Crippen molar-refractivity contribution < 1.29 is 26.0 Å². The third-order valence-electron chi connectivity index (χ3n) is 3.58. The molecule has 0 radical (unpaired) electrons. The van der Waals surface area contributed by atoms with Crippen LogP contribution in [0.4, 0.5) is 13.2 Å². The highest BCUT2D eigenvalue weighted by atomic mass is 32.2. The van der Waals surface area contributed by atoms with Crippen molar-refractivity contribution in [2.24, 2.45) is 0 Å². The Labute approximate surface area is 148 Å². The summed E-state index contributed by atoms with van der Waals surface area (Å²) in [6.07, 6.45) is -3.28. The first kappa shape index (κ1) is 18.2. The van der Waals surface area contributed by atoms with Gasteiger partial charge in [0.05, 0.1) is 22.8 Å². The summed E-state index contributed by atoms with van der Waals surface area (Å²) < 4.78 is 68.1. The number of rotatable bonds is 5. The smallest absolute Gasteiger partial charge is 0.416 e. The zero-order valence-electron chi connectivity index (χ0n) is 13.4. The lowest BCUT2D eigenvalue weighted by molar-refractivity contribution is -0.137. The fourth-order valence-electron chi connectivity index (χ4n) is 2.45.